The predicted octanol–water partition coefficient (Wildman–Crippen LogP) is 1.89. The lowest BCUT2D eigenvalue weighted by molar-refractivity contribution is 0.0695. The molecule has 0 saturated carbocycles. The number of carboxylic acid groups (broad SMARTS) is 2. The molecule has 6 N–H and O–H groups in total. The standard InChI is InChI=1S/C15H13BrN2O7/c1-2-25-7-4-5(16)3-6(11(7)19)8-9(14(21)22)12(17)18-13(20)10(8)15(23)24/h3-4,19H,2H2,1H3,(H,21,22)(H,23,24)(H3,17,18,20). The maximum atomic E-state index is 12.0. The van der Waals surface area contributed by atoms with Crippen LogP contribution in [-0.2, 0) is 0 Å². The van der Waals surface area contributed by atoms with Crippen LogP contribution in [0, 0.1) is 0 Å². The summed E-state index contributed by atoms with van der Waals surface area (Å²) < 4.78 is 5.62. The van der Waals surface area contributed by atoms with Crippen molar-refractivity contribution in [3.05, 3.63) is 38.1 Å². The van der Waals surface area contributed by atoms with Gasteiger partial charge in [0.2, 0.25) is 0 Å². The number of pyridine rings is 1. The van der Waals surface area contributed by atoms with E-state index in [4.69, 9.17) is 10.5 Å². The first-order valence-corrected chi connectivity index (χ1v) is 7.66. The average molecular weight is 413 g/mol. The molecule has 2 rings (SSSR count). The second kappa shape index (κ2) is 6.85. The van der Waals surface area contributed by atoms with E-state index in [-0.39, 0.29) is 17.9 Å². The number of carbonyl (C=O) groups is 2. The van der Waals surface area contributed by atoms with Gasteiger partial charge in [0.05, 0.1) is 6.61 Å². The van der Waals surface area contributed by atoms with Gasteiger partial charge in [-0.15, -0.1) is 0 Å². The van der Waals surface area contributed by atoms with Crippen molar-refractivity contribution in [1.29, 1.82) is 0 Å². The maximum Gasteiger partial charge on any atom is 0.342 e. The highest BCUT2D eigenvalue weighted by Gasteiger charge is 2.29. The summed E-state index contributed by atoms with van der Waals surface area (Å²) in [6.07, 6.45) is 0. The molecule has 10 heteroatoms. The number of H-pyrrole nitrogens is 1. The molecule has 0 fully saturated rings. The smallest absolute Gasteiger partial charge is 0.342 e. The topological polar surface area (TPSA) is 163 Å². The molecule has 0 bridgehead atoms. The van der Waals surface area contributed by atoms with Crippen molar-refractivity contribution < 1.29 is 29.6 Å². The van der Waals surface area contributed by atoms with Crippen LogP contribution < -0.4 is 16.0 Å². The number of hydrogen-bond donors (Lipinski definition) is 5. The number of aromatic nitrogens is 1. The minimum Gasteiger partial charge on any atom is -0.504 e. The van der Waals surface area contributed by atoms with E-state index in [1.54, 1.807) is 6.92 Å². The van der Waals surface area contributed by atoms with Crippen LogP contribution in [0.25, 0.3) is 11.1 Å². The van der Waals surface area contributed by atoms with Gasteiger partial charge in [-0.05, 0) is 19.1 Å². The molecule has 0 spiro atoms. The summed E-state index contributed by atoms with van der Waals surface area (Å²) in [7, 11) is 0. The summed E-state index contributed by atoms with van der Waals surface area (Å²) in [5.74, 6) is -4.30. The number of ether oxygens (including phenoxy) is 1. The molecule has 1 heterocycles. The minimum atomic E-state index is -1.67. The number of aromatic carboxylic acids is 2. The summed E-state index contributed by atoms with van der Waals surface area (Å²) >= 11 is 3.17. The third kappa shape index (κ3) is 3.29. The van der Waals surface area contributed by atoms with E-state index in [0.29, 0.717) is 4.47 Å². The van der Waals surface area contributed by atoms with Crippen molar-refractivity contribution in [2.45, 2.75) is 6.92 Å². The second-order valence-corrected chi connectivity index (χ2v) is 5.75. The van der Waals surface area contributed by atoms with Crippen LogP contribution in [0.5, 0.6) is 11.5 Å². The SMILES string of the molecule is CCOc1cc(Br)cc(-c2c(C(=O)O)c(N)[nH]c(=O)c2C(=O)O)c1O. The summed E-state index contributed by atoms with van der Waals surface area (Å²) in [6.45, 7) is 1.86. The molecule has 1 aromatic carbocycles. The first kappa shape index (κ1) is 18.3. The average Bonchev–Trinajstić information content (AvgIpc) is 2.49. The monoisotopic (exact) mass is 412 g/mol. The Morgan fingerprint density at radius 1 is 1.24 bits per heavy atom. The number of nitrogens with two attached hydrogens (primary N) is 1. The number of rotatable bonds is 5. The molecular formula is C15H13BrN2O7. The van der Waals surface area contributed by atoms with Crippen LogP contribution >= 0.6 is 15.9 Å². The number of aromatic amines is 1. The van der Waals surface area contributed by atoms with Gasteiger partial charge in [-0.25, -0.2) is 9.59 Å². The summed E-state index contributed by atoms with van der Waals surface area (Å²) in [4.78, 5) is 37.1. The Balaban J connectivity index is 3.03. The third-order valence-electron chi connectivity index (χ3n) is 3.28. The zero-order chi connectivity index (χ0) is 18.9. The van der Waals surface area contributed by atoms with Crippen molar-refractivity contribution in [2.24, 2.45) is 0 Å². The molecule has 0 aliphatic carbocycles. The Morgan fingerprint density at radius 2 is 1.84 bits per heavy atom. The van der Waals surface area contributed by atoms with Gasteiger partial charge in [0, 0.05) is 15.6 Å². The van der Waals surface area contributed by atoms with Gasteiger partial charge in [-0.2, -0.15) is 0 Å². The first-order chi connectivity index (χ1) is 11.7. The second-order valence-electron chi connectivity index (χ2n) is 4.84. The van der Waals surface area contributed by atoms with Crippen LogP contribution in [0.15, 0.2) is 21.4 Å². The number of phenols is 1. The van der Waals surface area contributed by atoms with E-state index >= 15 is 0 Å². The molecule has 0 aliphatic rings. The number of aromatic hydroxyl groups is 1. The highest BCUT2D eigenvalue weighted by Crippen LogP contribution is 2.42. The molecule has 1 aromatic heterocycles. The zero-order valence-electron chi connectivity index (χ0n) is 12.8. The molecule has 9 nitrogen and oxygen atoms in total. The van der Waals surface area contributed by atoms with E-state index in [1.807, 2.05) is 4.98 Å². The van der Waals surface area contributed by atoms with Crippen molar-refractivity contribution in [1.82, 2.24) is 4.98 Å². The fraction of sp³-hybridized carbons (Fsp3) is 0.133. The lowest BCUT2D eigenvalue weighted by Gasteiger charge is -2.16. The fourth-order valence-electron chi connectivity index (χ4n) is 2.35. The van der Waals surface area contributed by atoms with Crippen LogP contribution in [-0.4, -0.2) is 38.8 Å². The summed E-state index contributed by atoms with van der Waals surface area (Å²) in [6, 6.07) is 2.69. The number of hydrogen-bond acceptors (Lipinski definition) is 6. The van der Waals surface area contributed by atoms with Gasteiger partial charge in [0.15, 0.2) is 11.5 Å². The molecule has 132 valence electrons. The highest BCUT2D eigenvalue weighted by atomic mass is 79.9. The number of halogens is 1. The Hall–Kier alpha value is -3.01. The molecule has 2 aromatic rings. The molecule has 0 atom stereocenters. The van der Waals surface area contributed by atoms with Gasteiger partial charge < -0.3 is 30.8 Å². The number of benzene rings is 1. The molecule has 0 amide bonds. The van der Waals surface area contributed by atoms with Crippen LogP contribution in [0.1, 0.15) is 27.6 Å². The number of phenolic OH excluding ortho intramolecular Hbond substituents is 1. The minimum absolute atomic E-state index is 0.0154. The van der Waals surface area contributed by atoms with Crippen LogP contribution in [0.3, 0.4) is 0 Å². The maximum absolute atomic E-state index is 12.0. The molecule has 0 unspecified atom stereocenters. The largest absolute Gasteiger partial charge is 0.504 e. The van der Waals surface area contributed by atoms with E-state index in [9.17, 15) is 29.7 Å². The van der Waals surface area contributed by atoms with Gasteiger partial charge in [0.25, 0.3) is 5.56 Å². The van der Waals surface area contributed by atoms with E-state index in [2.05, 4.69) is 15.9 Å². The highest BCUT2D eigenvalue weighted by molar-refractivity contribution is 9.10. The van der Waals surface area contributed by atoms with Crippen molar-refractivity contribution in [3.63, 3.8) is 0 Å². The van der Waals surface area contributed by atoms with Crippen molar-refractivity contribution >= 4 is 33.7 Å². The van der Waals surface area contributed by atoms with Gasteiger partial charge >= 0.3 is 11.9 Å². The van der Waals surface area contributed by atoms with Gasteiger partial charge in [-0.3, -0.25) is 4.79 Å². The lowest BCUT2D eigenvalue weighted by Crippen LogP contribution is -2.24. The zero-order valence-corrected chi connectivity index (χ0v) is 14.4. The van der Waals surface area contributed by atoms with Gasteiger partial charge in [-0.1, -0.05) is 15.9 Å². The fourth-order valence-corrected chi connectivity index (χ4v) is 2.78. The van der Waals surface area contributed by atoms with Crippen molar-refractivity contribution in [3.8, 4) is 22.6 Å². The van der Waals surface area contributed by atoms with E-state index < -0.39 is 45.8 Å². The van der Waals surface area contributed by atoms with Crippen LogP contribution in [0.2, 0.25) is 0 Å². The quantitative estimate of drug-likeness (QED) is 0.496. The predicted molar refractivity (Wildman–Crippen MR) is 91.4 cm³/mol. The Kier molecular flexibility index (Phi) is 5.02. The van der Waals surface area contributed by atoms with Gasteiger partial charge in [0.1, 0.15) is 16.9 Å². The summed E-state index contributed by atoms with van der Waals surface area (Å²) in [5, 5.41) is 29.2. The molecule has 0 radical (unpaired) electrons. The molecule has 0 saturated heterocycles. The van der Waals surface area contributed by atoms with Crippen molar-refractivity contribution in [2.75, 3.05) is 12.3 Å². The number of nitrogens with one attached hydrogen (secondary N) is 1. The Bertz CT molecular complexity index is 936. The summed E-state index contributed by atoms with van der Waals surface area (Å²) in [5.41, 5.74) is 2.23. The molecule has 0 aliphatic heterocycles. The molecular weight excluding hydrogens is 400 g/mol. The van der Waals surface area contributed by atoms with E-state index in [0.717, 1.165) is 0 Å². The Morgan fingerprint density at radius 3 is 2.36 bits per heavy atom. The number of carboxylic acids is 2. The number of anilines is 1. The molecule has 25 heavy (non-hydrogen) atoms. The number of nitrogen functional groups attached to an aromatic ring is 1. The third-order valence-corrected chi connectivity index (χ3v) is 3.74. The first-order valence-electron chi connectivity index (χ1n) is 6.87. The van der Waals surface area contributed by atoms with Crippen LogP contribution in [0.4, 0.5) is 5.82 Å². The Labute approximate surface area is 148 Å². The lowest BCUT2D eigenvalue weighted by atomic mass is 9.94. The van der Waals surface area contributed by atoms with E-state index in [1.165, 1.54) is 12.1 Å². The normalized spacial score (nSPS) is 10.5.